The van der Waals surface area contributed by atoms with Gasteiger partial charge in [0, 0.05) is 23.7 Å². The van der Waals surface area contributed by atoms with E-state index < -0.39 is 11.6 Å². The van der Waals surface area contributed by atoms with Gasteiger partial charge in [-0.25, -0.2) is 19.4 Å². The Bertz CT molecular complexity index is 1810. The van der Waals surface area contributed by atoms with Gasteiger partial charge in [-0.15, -0.1) is 0 Å². The van der Waals surface area contributed by atoms with Gasteiger partial charge >= 0.3 is 6.03 Å². The largest absolute Gasteiger partial charge is 0.497 e. The highest BCUT2D eigenvalue weighted by molar-refractivity contribution is 6.45. The van der Waals surface area contributed by atoms with E-state index in [4.69, 9.17) is 37.8 Å². The summed E-state index contributed by atoms with van der Waals surface area (Å²) in [4.78, 5) is 35.4. The molecule has 5 rings (SSSR count). The Balaban J connectivity index is 1.38. The Morgan fingerprint density at radius 1 is 0.976 bits per heavy atom. The first-order valence-electron chi connectivity index (χ1n) is 12.4. The number of methoxy groups -OCH3 is 1. The third-order valence-corrected chi connectivity index (χ3v) is 6.86. The van der Waals surface area contributed by atoms with Crippen LogP contribution in [0.1, 0.15) is 26.5 Å². The van der Waals surface area contributed by atoms with Crippen LogP contribution in [0.25, 0.3) is 16.9 Å². The number of nitrogens with zero attached hydrogens (tertiary/aromatic N) is 4. The molecule has 0 aliphatic carbocycles. The van der Waals surface area contributed by atoms with E-state index >= 15 is 0 Å². The van der Waals surface area contributed by atoms with Crippen molar-refractivity contribution in [3.8, 4) is 22.9 Å². The molecule has 0 bridgehead atoms. The summed E-state index contributed by atoms with van der Waals surface area (Å²) in [5.74, 6) is 1.68. The molecule has 2 aromatic carbocycles. The number of ether oxygens (including phenoxy) is 2. The number of anilines is 2. The lowest BCUT2D eigenvalue weighted by Crippen LogP contribution is -2.21. The van der Waals surface area contributed by atoms with Crippen LogP contribution in [0.4, 0.5) is 16.3 Å². The molecule has 11 nitrogen and oxygen atoms in total. The number of nitrogens with one attached hydrogen (secondary N) is 3. The Hall–Kier alpha value is -4.61. The molecule has 0 atom stereocenters. The molecule has 0 saturated heterocycles. The predicted octanol–water partition coefficient (Wildman–Crippen LogP) is 6.55. The zero-order chi connectivity index (χ0) is 29.3. The van der Waals surface area contributed by atoms with E-state index in [1.807, 2.05) is 51.1 Å². The quantitative estimate of drug-likeness (QED) is 0.203. The first-order valence-corrected chi connectivity index (χ1v) is 13.1. The predicted molar refractivity (Wildman–Crippen MR) is 158 cm³/mol. The number of H-pyrrole nitrogens is 1. The fourth-order valence-corrected chi connectivity index (χ4v) is 4.27. The van der Waals surface area contributed by atoms with E-state index in [1.165, 1.54) is 6.20 Å². The second-order valence-electron chi connectivity index (χ2n) is 9.95. The highest BCUT2D eigenvalue weighted by atomic mass is 35.5. The molecule has 41 heavy (non-hydrogen) atoms. The first kappa shape index (κ1) is 27.9. The van der Waals surface area contributed by atoms with E-state index in [0.717, 1.165) is 17.6 Å². The maximum atomic E-state index is 13.1. The van der Waals surface area contributed by atoms with Crippen molar-refractivity contribution in [1.82, 2.24) is 24.7 Å². The van der Waals surface area contributed by atoms with Gasteiger partial charge in [-0.05, 0) is 36.4 Å². The number of halogens is 2. The monoisotopic (exact) mass is 593 g/mol. The van der Waals surface area contributed by atoms with Crippen LogP contribution in [-0.4, -0.2) is 37.9 Å². The summed E-state index contributed by atoms with van der Waals surface area (Å²) < 4.78 is 12.8. The Kier molecular flexibility index (Phi) is 7.57. The molecule has 0 aliphatic heterocycles. The van der Waals surface area contributed by atoms with Crippen molar-refractivity contribution in [3.63, 3.8) is 0 Å². The third kappa shape index (κ3) is 5.96. The number of urea groups is 1. The van der Waals surface area contributed by atoms with Crippen molar-refractivity contribution in [2.45, 2.75) is 26.2 Å². The fourth-order valence-electron chi connectivity index (χ4n) is 3.86. The van der Waals surface area contributed by atoms with Gasteiger partial charge in [-0.1, -0.05) is 44.0 Å². The van der Waals surface area contributed by atoms with Crippen molar-refractivity contribution < 1.29 is 14.3 Å². The number of amides is 2. The molecule has 13 heteroatoms. The summed E-state index contributed by atoms with van der Waals surface area (Å²) in [5, 5.41) is 10.4. The van der Waals surface area contributed by atoms with E-state index in [-0.39, 0.29) is 32.5 Å². The van der Waals surface area contributed by atoms with Gasteiger partial charge < -0.3 is 19.8 Å². The van der Waals surface area contributed by atoms with Crippen LogP contribution in [-0.2, 0) is 5.41 Å². The average Bonchev–Trinajstić information content (AvgIpc) is 3.37. The summed E-state index contributed by atoms with van der Waals surface area (Å²) in [7, 11) is 1.59. The van der Waals surface area contributed by atoms with E-state index in [2.05, 4.69) is 25.6 Å². The van der Waals surface area contributed by atoms with Crippen LogP contribution in [0.2, 0.25) is 10.0 Å². The molecule has 0 spiro atoms. The zero-order valence-corrected chi connectivity index (χ0v) is 24.0. The van der Waals surface area contributed by atoms with Gasteiger partial charge in [0.2, 0.25) is 0 Å². The Morgan fingerprint density at radius 3 is 2.44 bits per heavy atom. The lowest BCUT2D eigenvalue weighted by atomic mass is 9.92. The van der Waals surface area contributed by atoms with Crippen LogP contribution in [0, 0.1) is 0 Å². The summed E-state index contributed by atoms with van der Waals surface area (Å²) in [6.07, 6.45) is 2.59. The first-order chi connectivity index (χ1) is 19.5. The molecule has 0 fully saturated rings. The molecule has 3 heterocycles. The molecule has 3 aromatic heterocycles. The fraction of sp³-hybridized carbons (Fsp3) is 0.179. The summed E-state index contributed by atoms with van der Waals surface area (Å²) in [5.41, 5.74) is 1.73. The van der Waals surface area contributed by atoms with Crippen LogP contribution in [0.5, 0.6) is 17.2 Å². The van der Waals surface area contributed by atoms with Gasteiger partial charge in [-0.3, -0.25) is 10.1 Å². The summed E-state index contributed by atoms with van der Waals surface area (Å²) in [6, 6.07) is 13.3. The highest BCUT2D eigenvalue weighted by Gasteiger charge is 2.22. The normalized spacial score (nSPS) is 11.4. The molecule has 210 valence electrons. The number of aromatic amines is 1. The van der Waals surface area contributed by atoms with Gasteiger partial charge in [0.1, 0.15) is 27.9 Å². The number of benzene rings is 2. The standard InChI is InChI=1S/C28H25Cl2N7O4/c1-28(2,3)20-13-21(37(36-20)15-5-7-16(40-4)8-6-15)34-27(39)33-17-9-10-18(24(30)23(17)29)41-19-11-12-31-26-25(19)32-14-22(38)35-26/h5-14H,1-4H3,(H,31,35,38)(H2,33,34,39). The molecular formula is C28H25Cl2N7O4. The van der Waals surface area contributed by atoms with Crippen molar-refractivity contribution in [2.75, 3.05) is 17.7 Å². The number of pyridine rings is 1. The van der Waals surface area contributed by atoms with Gasteiger partial charge in [0.25, 0.3) is 5.56 Å². The topological polar surface area (TPSA) is 136 Å². The second kappa shape index (κ2) is 11.1. The smallest absolute Gasteiger partial charge is 0.324 e. The van der Waals surface area contributed by atoms with E-state index in [9.17, 15) is 9.59 Å². The van der Waals surface area contributed by atoms with Gasteiger partial charge in [0.15, 0.2) is 11.4 Å². The van der Waals surface area contributed by atoms with E-state index in [1.54, 1.807) is 30.0 Å². The molecule has 0 saturated carbocycles. The maximum Gasteiger partial charge on any atom is 0.324 e. The van der Waals surface area contributed by atoms with Crippen molar-refractivity contribution in [1.29, 1.82) is 0 Å². The SMILES string of the molecule is COc1ccc(-n2nc(C(C)(C)C)cc2NC(=O)Nc2ccc(Oc3ccnc4[nH]c(=O)cnc34)c(Cl)c2Cl)cc1. The molecule has 3 N–H and O–H groups in total. The minimum absolute atomic E-state index is 0.0668. The van der Waals surface area contributed by atoms with Gasteiger partial charge in [-0.2, -0.15) is 5.10 Å². The van der Waals surface area contributed by atoms with Crippen molar-refractivity contribution in [2.24, 2.45) is 0 Å². The number of carbonyl (C=O) groups excluding carboxylic acids is 1. The van der Waals surface area contributed by atoms with Crippen LogP contribution >= 0.6 is 23.2 Å². The van der Waals surface area contributed by atoms with Gasteiger partial charge in [0.05, 0.1) is 35.4 Å². The zero-order valence-electron chi connectivity index (χ0n) is 22.5. The maximum absolute atomic E-state index is 13.1. The van der Waals surface area contributed by atoms with Crippen LogP contribution < -0.4 is 25.7 Å². The molecule has 0 aliphatic rings. The summed E-state index contributed by atoms with van der Waals surface area (Å²) in [6.45, 7) is 6.10. The van der Waals surface area contributed by atoms with Crippen LogP contribution in [0.15, 0.2) is 65.7 Å². The molecule has 5 aromatic rings. The van der Waals surface area contributed by atoms with Crippen molar-refractivity contribution in [3.05, 3.63) is 87.0 Å². The number of aromatic nitrogens is 5. The number of carbonyl (C=O) groups is 1. The van der Waals surface area contributed by atoms with Crippen molar-refractivity contribution >= 4 is 51.9 Å². The lowest BCUT2D eigenvalue weighted by molar-refractivity contribution is 0.262. The third-order valence-electron chi connectivity index (χ3n) is 5.99. The Labute approximate surface area is 244 Å². The number of hydrogen-bond donors (Lipinski definition) is 3. The van der Waals surface area contributed by atoms with Crippen LogP contribution in [0.3, 0.4) is 0 Å². The molecule has 0 radical (unpaired) electrons. The number of rotatable bonds is 6. The Morgan fingerprint density at radius 2 is 1.73 bits per heavy atom. The number of fused-ring (bicyclic) bond motifs is 1. The average molecular weight is 594 g/mol. The lowest BCUT2D eigenvalue weighted by Gasteiger charge is -2.14. The second-order valence-corrected chi connectivity index (χ2v) is 10.7. The summed E-state index contributed by atoms with van der Waals surface area (Å²) >= 11 is 13.0. The highest BCUT2D eigenvalue weighted by Crippen LogP contribution is 2.40. The minimum atomic E-state index is -0.556. The number of hydrogen-bond acceptors (Lipinski definition) is 7. The minimum Gasteiger partial charge on any atom is -0.497 e. The molecular weight excluding hydrogens is 569 g/mol. The molecule has 0 unspecified atom stereocenters. The van der Waals surface area contributed by atoms with E-state index in [0.29, 0.717) is 22.8 Å². The molecule has 2 amide bonds.